The molecule has 0 bridgehead atoms. The number of nitrogens with one attached hydrogen (secondary N) is 1. The standard InChI is InChI=1S/C16H19N3O3/c1-4-22-13-8-6-5-7-12(13)15-17-16(21)14(18-19-15)10(2)9-11(3)20/h5-8,10H,4,9H2,1-3H3,(H,17,19,21). The summed E-state index contributed by atoms with van der Waals surface area (Å²) in [7, 11) is 0. The van der Waals surface area contributed by atoms with Crippen molar-refractivity contribution in [1.29, 1.82) is 0 Å². The minimum Gasteiger partial charge on any atom is -0.493 e. The Balaban J connectivity index is 2.38. The summed E-state index contributed by atoms with van der Waals surface area (Å²) in [4.78, 5) is 26.1. The van der Waals surface area contributed by atoms with Crippen molar-refractivity contribution in [2.75, 3.05) is 6.61 Å². The van der Waals surface area contributed by atoms with E-state index < -0.39 is 0 Å². The van der Waals surface area contributed by atoms with E-state index in [0.29, 0.717) is 23.7 Å². The van der Waals surface area contributed by atoms with Gasteiger partial charge in [-0.05, 0) is 26.0 Å². The molecule has 0 aliphatic rings. The molecule has 0 spiro atoms. The van der Waals surface area contributed by atoms with Gasteiger partial charge >= 0.3 is 0 Å². The number of aromatic amines is 1. The third-order valence-corrected chi connectivity index (χ3v) is 3.22. The van der Waals surface area contributed by atoms with Gasteiger partial charge in [0.05, 0.1) is 12.2 Å². The summed E-state index contributed by atoms with van der Waals surface area (Å²) in [5.74, 6) is 0.747. The Morgan fingerprint density at radius 2 is 2.05 bits per heavy atom. The summed E-state index contributed by atoms with van der Waals surface area (Å²) < 4.78 is 5.53. The fraction of sp³-hybridized carbons (Fsp3) is 0.375. The van der Waals surface area contributed by atoms with E-state index >= 15 is 0 Å². The highest BCUT2D eigenvalue weighted by atomic mass is 16.5. The predicted molar refractivity (Wildman–Crippen MR) is 83.0 cm³/mol. The quantitative estimate of drug-likeness (QED) is 0.885. The monoisotopic (exact) mass is 301 g/mol. The van der Waals surface area contributed by atoms with Crippen molar-refractivity contribution in [2.45, 2.75) is 33.1 Å². The predicted octanol–water partition coefficient (Wildman–Crippen LogP) is 2.31. The number of rotatable bonds is 6. The fourth-order valence-electron chi connectivity index (χ4n) is 2.26. The first-order valence-corrected chi connectivity index (χ1v) is 7.21. The van der Waals surface area contributed by atoms with Gasteiger partial charge in [0.25, 0.3) is 5.56 Å². The first-order valence-electron chi connectivity index (χ1n) is 7.21. The van der Waals surface area contributed by atoms with E-state index in [1.807, 2.05) is 31.2 Å². The number of ketones is 1. The maximum atomic E-state index is 12.2. The first-order chi connectivity index (χ1) is 10.5. The lowest BCUT2D eigenvalue weighted by atomic mass is 10.0. The number of ether oxygens (including phenoxy) is 1. The second-order valence-electron chi connectivity index (χ2n) is 5.12. The van der Waals surface area contributed by atoms with Crippen LogP contribution in [0.2, 0.25) is 0 Å². The molecule has 6 heteroatoms. The maximum absolute atomic E-state index is 12.2. The van der Waals surface area contributed by atoms with Crippen molar-refractivity contribution in [3.63, 3.8) is 0 Å². The molecule has 22 heavy (non-hydrogen) atoms. The van der Waals surface area contributed by atoms with Crippen LogP contribution in [0.3, 0.4) is 0 Å². The van der Waals surface area contributed by atoms with Crippen LogP contribution < -0.4 is 10.3 Å². The molecule has 1 heterocycles. The van der Waals surface area contributed by atoms with Crippen LogP contribution in [0.4, 0.5) is 0 Å². The number of hydrogen-bond acceptors (Lipinski definition) is 5. The molecule has 0 saturated heterocycles. The van der Waals surface area contributed by atoms with Crippen molar-refractivity contribution >= 4 is 5.78 Å². The molecule has 0 fully saturated rings. The Morgan fingerprint density at radius 1 is 1.32 bits per heavy atom. The van der Waals surface area contributed by atoms with Crippen molar-refractivity contribution < 1.29 is 9.53 Å². The number of para-hydroxylation sites is 1. The van der Waals surface area contributed by atoms with E-state index in [1.165, 1.54) is 6.92 Å². The van der Waals surface area contributed by atoms with Crippen LogP contribution >= 0.6 is 0 Å². The molecule has 1 atom stereocenters. The number of hydrogen-bond donors (Lipinski definition) is 1. The second-order valence-corrected chi connectivity index (χ2v) is 5.12. The highest BCUT2D eigenvalue weighted by molar-refractivity contribution is 5.76. The van der Waals surface area contributed by atoms with Gasteiger partial charge in [0.2, 0.25) is 0 Å². The normalized spacial score (nSPS) is 12.0. The minimum absolute atomic E-state index is 0.0134. The smallest absolute Gasteiger partial charge is 0.273 e. The number of Topliss-reactive ketones (excluding diaryl/α,β-unsaturated/α-hetero) is 1. The van der Waals surface area contributed by atoms with E-state index in [-0.39, 0.29) is 29.4 Å². The molecule has 0 radical (unpaired) electrons. The fourth-order valence-corrected chi connectivity index (χ4v) is 2.26. The summed E-state index contributed by atoms with van der Waals surface area (Å²) in [6, 6.07) is 7.31. The molecule has 1 aromatic heterocycles. The molecular weight excluding hydrogens is 282 g/mol. The van der Waals surface area contributed by atoms with Crippen LogP contribution in [-0.4, -0.2) is 27.6 Å². The molecule has 6 nitrogen and oxygen atoms in total. The number of carbonyl (C=O) groups excluding carboxylic acids is 1. The Labute approximate surface area is 128 Å². The van der Waals surface area contributed by atoms with E-state index in [1.54, 1.807) is 6.92 Å². The summed E-state index contributed by atoms with van der Waals surface area (Å²) in [5, 5.41) is 8.09. The molecule has 116 valence electrons. The lowest BCUT2D eigenvalue weighted by Crippen LogP contribution is -2.21. The number of aromatic nitrogens is 3. The Kier molecular flexibility index (Phi) is 5.04. The molecule has 1 aromatic carbocycles. The van der Waals surface area contributed by atoms with E-state index in [2.05, 4.69) is 15.2 Å². The average molecular weight is 301 g/mol. The highest BCUT2D eigenvalue weighted by Crippen LogP contribution is 2.26. The Bertz CT molecular complexity index is 725. The van der Waals surface area contributed by atoms with Crippen LogP contribution in [0.15, 0.2) is 29.1 Å². The number of H-pyrrole nitrogens is 1. The van der Waals surface area contributed by atoms with Gasteiger partial charge in [-0.3, -0.25) is 4.79 Å². The molecule has 0 aliphatic heterocycles. The third kappa shape index (κ3) is 3.58. The van der Waals surface area contributed by atoms with Gasteiger partial charge < -0.3 is 14.5 Å². The van der Waals surface area contributed by atoms with Crippen LogP contribution in [0.5, 0.6) is 5.75 Å². The zero-order valence-electron chi connectivity index (χ0n) is 12.9. The van der Waals surface area contributed by atoms with E-state index in [9.17, 15) is 9.59 Å². The number of carbonyl (C=O) groups is 1. The van der Waals surface area contributed by atoms with Gasteiger partial charge in [0.15, 0.2) is 5.82 Å². The number of benzene rings is 1. The van der Waals surface area contributed by atoms with E-state index in [0.717, 1.165) is 0 Å². The van der Waals surface area contributed by atoms with Crippen molar-refractivity contribution in [3.05, 3.63) is 40.3 Å². The molecular formula is C16H19N3O3. The van der Waals surface area contributed by atoms with Gasteiger partial charge in [0, 0.05) is 12.3 Å². The summed E-state index contributed by atoms with van der Waals surface area (Å²) in [5.41, 5.74) is 0.623. The SMILES string of the molecule is CCOc1ccccc1-c1nnc(C(C)CC(C)=O)c(=O)[nH]1. The highest BCUT2D eigenvalue weighted by Gasteiger charge is 2.16. The average Bonchev–Trinajstić information content (AvgIpc) is 2.47. The molecule has 1 unspecified atom stereocenters. The van der Waals surface area contributed by atoms with Crippen molar-refractivity contribution in [2.24, 2.45) is 0 Å². The number of nitrogens with zero attached hydrogens (tertiary/aromatic N) is 2. The van der Waals surface area contributed by atoms with Crippen molar-refractivity contribution in [3.8, 4) is 17.1 Å². The van der Waals surface area contributed by atoms with Gasteiger partial charge in [-0.2, -0.15) is 0 Å². The maximum Gasteiger partial charge on any atom is 0.273 e. The molecule has 0 amide bonds. The van der Waals surface area contributed by atoms with Gasteiger partial charge in [-0.15, -0.1) is 10.2 Å². The largest absolute Gasteiger partial charge is 0.493 e. The van der Waals surface area contributed by atoms with Gasteiger partial charge in [-0.25, -0.2) is 0 Å². The minimum atomic E-state index is -0.329. The summed E-state index contributed by atoms with van der Waals surface area (Å²) >= 11 is 0. The summed E-state index contributed by atoms with van der Waals surface area (Å²) in [6.07, 6.45) is 0.270. The molecule has 1 N–H and O–H groups in total. The second kappa shape index (κ2) is 6.98. The van der Waals surface area contributed by atoms with Gasteiger partial charge in [0.1, 0.15) is 17.2 Å². The lowest BCUT2D eigenvalue weighted by molar-refractivity contribution is -0.117. The van der Waals surface area contributed by atoms with Crippen LogP contribution in [0, 0.1) is 0 Å². The van der Waals surface area contributed by atoms with Crippen LogP contribution in [-0.2, 0) is 4.79 Å². The Morgan fingerprint density at radius 3 is 2.68 bits per heavy atom. The van der Waals surface area contributed by atoms with Gasteiger partial charge in [-0.1, -0.05) is 19.1 Å². The van der Waals surface area contributed by atoms with E-state index in [4.69, 9.17) is 4.74 Å². The third-order valence-electron chi connectivity index (χ3n) is 3.22. The topological polar surface area (TPSA) is 84.9 Å². The zero-order valence-corrected chi connectivity index (χ0v) is 12.9. The molecule has 2 aromatic rings. The summed E-state index contributed by atoms with van der Waals surface area (Å²) in [6.45, 7) is 5.68. The van der Waals surface area contributed by atoms with Crippen LogP contribution in [0.1, 0.15) is 38.8 Å². The zero-order chi connectivity index (χ0) is 16.1. The molecule has 2 rings (SSSR count). The van der Waals surface area contributed by atoms with Crippen LogP contribution in [0.25, 0.3) is 11.4 Å². The lowest BCUT2D eigenvalue weighted by Gasteiger charge is -2.10. The molecule has 0 aliphatic carbocycles. The van der Waals surface area contributed by atoms with Crippen molar-refractivity contribution in [1.82, 2.24) is 15.2 Å². The first kappa shape index (κ1) is 15.9. The Hall–Kier alpha value is -2.50. The molecule has 0 saturated carbocycles.